The monoisotopic (exact) mass is 248 g/mol. The van der Waals surface area contributed by atoms with Crippen molar-refractivity contribution in [2.24, 2.45) is 5.73 Å². The van der Waals surface area contributed by atoms with Gasteiger partial charge in [0, 0.05) is 12.0 Å². The summed E-state index contributed by atoms with van der Waals surface area (Å²) in [5, 5.41) is 2.33. The predicted octanol–water partition coefficient (Wildman–Crippen LogP) is 0.369. The number of carbonyl (C=O) groups excluding carboxylic acids is 2. The molecule has 0 atom stereocenters. The van der Waals surface area contributed by atoms with Crippen LogP contribution < -0.4 is 11.1 Å². The molecular weight excluding hydrogens is 232 g/mol. The number of hydrogen-bond donors (Lipinski definition) is 2. The second-order valence-corrected chi connectivity index (χ2v) is 4.78. The van der Waals surface area contributed by atoms with E-state index in [1.165, 1.54) is 0 Å². The fourth-order valence-corrected chi connectivity index (χ4v) is 1.82. The van der Waals surface area contributed by atoms with E-state index in [4.69, 9.17) is 10.5 Å². The third kappa shape index (κ3) is 2.94. The fraction of sp³-hybridized carbons (Fsp3) is 0.385. The van der Waals surface area contributed by atoms with E-state index in [1.54, 1.807) is 18.2 Å². The van der Waals surface area contributed by atoms with E-state index in [0.29, 0.717) is 18.8 Å². The SMILES string of the molecule is Cc1cccc(C(=O)NC(=O)CC2(N)COC2)c1. The van der Waals surface area contributed by atoms with Gasteiger partial charge in [-0.3, -0.25) is 14.9 Å². The lowest BCUT2D eigenvalue weighted by atomic mass is 9.94. The highest BCUT2D eigenvalue weighted by molar-refractivity contribution is 6.05. The third-order valence-corrected chi connectivity index (χ3v) is 2.82. The van der Waals surface area contributed by atoms with Gasteiger partial charge in [0.15, 0.2) is 0 Å². The van der Waals surface area contributed by atoms with Crippen LogP contribution in [0.3, 0.4) is 0 Å². The number of aryl methyl sites for hydroxylation is 1. The Morgan fingerprint density at radius 3 is 2.72 bits per heavy atom. The summed E-state index contributed by atoms with van der Waals surface area (Å²) in [5.74, 6) is -0.764. The summed E-state index contributed by atoms with van der Waals surface area (Å²) in [5.41, 5.74) is 6.67. The zero-order valence-corrected chi connectivity index (χ0v) is 10.2. The average Bonchev–Trinajstić information content (AvgIpc) is 2.26. The Hall–Kier alpha value is -1.72. The Labute approximate surface area is 105 Å². The molecule has 2 rings (SSSR count). The number of amides is 2. The lowest BCUT2D eigenvalue weighted by Crippen LogP contribution is -2.59. The molecule has 5 nitrogen and oxygen atoms in total. The summed E-state index contributed by atoms with van der Waals surface area (Å²) in [7, 11) is 0. The number of carbonyl (C=O) groups is 2. The number of nitrogens with two attached hydrogens (primary N) is 1. The number of nitrogens with one attached hydrogen (secondary N) is 1. The lowest BCUT2D eigenvalue weighted by molar-refractivity contribution is -0.127. The Balaban J connectivity index is 1.93. The van der Waals surface area contributed by atoms with E-state index in [1.807, 2.05) is 13.0 Å². The van der Waals surface area contributed by atoms with Gasteiger partial charge in [0.2, 0.25) is 5.91 Å². The Bertz CT molecular complexity index is 481. The predicted molar refractivity (Wildman–Crippen MR) is 66.0 cm³/mol. The maximum absolute atomic E-state index is 11.8. The van der Waals surface area contributed by atoms with Crippen LogP contribution in [0.2, 0.25) is 0 Å². The molecule has 1 saturated heterocycles. The minimum atomic E-state index is -0.614. The molecule has 0 bridgehead atoms. The van der Waals surface area contributed by atoms with Crippen LogP contribution in [0.1, 0.15) is 22.3 Å². The van der Waals surface area contributed by atoms with Gasteiger partial charge in [-0.1, -0.05) is 17.7 Å². The van der Waals surface area contributed by atoms with Gasteiger partial charge in [-0.25, -0.2) is 0 Å². The molecule has 1 aliphatic heterocycles. The zero-order valence-electron chi connectivity index (χ0n) is 10.2. The van der Waals surface area contributed by atoms with Gasteiger partial charge >= 0.3 is 0 Å². The molecule has 0 spiro atoms. The van der Waals surface area contributed by atoms with Crippen LogP contribution >= 0.6 is 0 Å². The molecule has 3 N–H and O–H groups in total. The van der Waals surface area contributed by atoms with Crippen molar-refractivity contribution in [3.05, 3.63) is 35.4 Å². The summed E-state index contributed by atoms with van der Waals surface area (Å²) < 4.78 is 4.95. The van der Waals surface area contributed by atoms with Crippen molar-refractivity contribution < 1.29 is 14.3 Å². The highest BCUT2D eigenvalue weighted by atomic mass is 16.5. The minimum absolute atomic E-state index is 0.102. The van der Waals surface area contributed by atoms with Crippen LogP contribution in [0.25, 0.3) is 0 Å². The van der Waals surface area contributed by atoms with Gasteiger partial charge in [-0.05, 0) is 19.1 Å². The maximum Gasteiger partial charge on any atom is 0.257 e. The van der Waals surface area contributed by atoms with Gasteiger partial charge < -0.3 is 10.5 Å². The Morgan fingerprint density at radius 2 is 2.17 bits per heavy atom. The van der Waals surface area contributed by atoms with Gasteiger partial charge in [0.05, 0.1) is 18.8 Å². The molecule has 0 aromatic heterocycles. The van der Waals surface area contributed by atoms with E-state index in [-0.39, 0.29) is 12.3 Å². The first kappa shape index (κ1) is 12.7. The highest BCUT2D eigenvalue weighted by Crippen LogP contribution is 2.17. The minimum Gasteiger partial charge on any atom is -0.377 e. The smallest absolute Gasteiger partial charge is 0.257 e. The van der Waals surface area contributed by atoms with Crippen molar-refractivity contribution in [1.82, 2.24) is 5.32 Å². The summed E-state index contributed by atoms with van der Waals surface area (Å²) in [6.07, 6.45) is 0.102. The first-order valence-electron chi connectivity index (χ1n) is 5.76. The largest absolute Gasteiger partial charge is 0.377 e. The molecular formula is C13H16N2O3. The molecule has 1 heterocycles. The van der Waals surface area contributed by atoms with Crippen molar-refractivity contribution in [3.8, 4) is 0 Å². The second kappa shape index (κ2) is 4.88. The van der Waals surface area contributed by atoms with Crippen LogP contribution in [0.4, 0.5) is 0 Å². The average molecular weight is 248 g/mol. The number of ether oxygens (including phenoxy) is 1. The maximum atomic E-state index is 11.8. The molecule has 1 aromatic rings. The molecule has 1 aliphatic rings. The number of rotatable bonds is 3. The first-order chi connectivity index (χ1) is 8.48. The van der Waals surface area contributed by atoms with Crippen LogP contribution in [0.15, 0.2) is 24.3 Å². The molecule has 1 fully saturated rings. The normalized spacial score (nSPS) is 16.8. The standard InChI is InChI=1S/C13H16N2O3/c1-9-3-2-4-10(5-9)12(17)15-11(16)6-13(14)7-18-8-13/h2-5H,6-8,14H2,1H3,(H,15,16,17). The van der Waals surface area contributed by atoms with E-state index >= 15 is 0 Å². The quantitative estimate of drug-likeness (QED) is 0.809. The first-order valence-corrected chi connectivity index (χ1v) is 5.76. The third-order valence-electron chi connectivity index (χ3n) is 2.82. The summed E-state index contributed by atoms with van der Waals surface area (Å²) in [4.78, 5) is 23.4. The molecule has 96 valence electrons. The topological polar surface area (TPSA) is 81.4 Å². The van der Waals surface area contributed by atoms with E-state index in [9.17, 15) is 9.59 Å². The van der Waals surface area contributed by atoms with Crippen molar-refractivity contribution in [2.45, 2.75) is 18.9 Å². The number of imide groups is 1. The molecule has 2 amide bonds. The van der Waals surface area contributed by atoms with Crippen molar-refractivity contribution in [2.75, 3.05) is 13.2 Å². The van der Waals surface area contributed by atoms with Crippen LogP contribution in [0.5, 0.6) is 0 Å². The Kier molecular flexibility index (Phi) is 3.45. The van der Waals surface area contributed by atoms with Crippen molar-refractivity contribution in [1.29, 1.82) is 0 Å². The molecule has 0 unspecified atom stereocenters. The van der Waals surface area contributed by atoms with Crippen LogP contribution in [-0.4, -0.2) is 30.6 Å². The number of benzene rings is 1. The van der Waals surface area contributed by atoms with Gasteiger partial charge in [-0.2, -0.15) is 0 Å². The van der Waals surface area contributed by atoms with Crippen LogP contribution in [0, 0.1) is 6.92 Å². The Morgan fingerprint density at radius 1 is 1.44 bits per heavy atom. The van der Waals surface area contributed by atoms with E-state index < -0.39 is 11.4 Å². The second-order valence-electron chi connectivity index (χ2n) is 4.78. The molecule has 0 aliphatic carbocycles. The fourth-order valence-electron chi connectivity index (χ4n) is 1.82. The van der Waals surface area contributed by atoms with E-state index in [0.717, 1.165) is 5.56 Å². The van der Waals surface area contributed by atoms with Gasteiger partial charge in [0.1, 0.15) is 0 Å². The summed E-state index contributed by atoms with van der Waals surface area (Å²) >= 11 is 0. The van der Waals surface area contributed by atoms with Gasteiger partial charge in [0.25, 0.3) is 5.91 Å². The summed E-state index contributed by atoms with van der Waals surface area (Å²) in [6.45, 7) is 2.61. The van der Waals surface area contributed by atoms with Crippen molar-refractivity contribution >= 4 is 11.8 Å². The highest BCUT2D eigenvalue weighted by Gasteiger charge is 2.36. The van der Waals surface area contributed by atoms with Gasteiger partial charge in [-0.15, -0.1) is 0 Å². The lowest BCUT2D eigenvalue weighted by Gasteiger charge is -2.36. The van der Waals surface area contributed by atoms with E-state index in [2.05, 4.69) is 5.32 Å². The molecule has 1 aromatic carbocycles. The molecule has 18 heavy (non-hydrogen) atoms. The van der Waals surface area contributed by atoms with Crippen LogP contribution in [-0.2, 0) is 9.53 Å². The van der Waals surface area contributed by atoms with Crippen molar-refractivity contribution in [3.63, 3.8) is 0 Å². The zero-order chi connectivity index (χ0) is 13.2. The number of hydrogen-bond acceptors (Lipinski definition) is 4. The molecule has 0 saturated carbocycles. The summed E-state index contributed by atoms with van der Waals surface area (Å²) in [6, 6.07) is 7.06. The molecule has 0 radical (unpaired) electrons. The molecule has 5 heteroatoms.